The molecular weight excluding hydrogens is 418 g/mol. The van der Waals surface area contributed by atoms with E-state index in [-0.39, 0.29) is 16.7 Å². The van der Waals surface area contributed by atoms with Crippen molar-refractivity contribution in [2.24, 2.45) is 0 Å². The van der Waals surface area contributed by atoms with E-state index in [1.165, 1.54) is 23.5 Å². The molecule has 5 nitrogen and oxygen atoms in total. The van der Waals surface area contributed by atoms with Crippen molar-refractivity contribution in [2.45, 2.75) is 25.9 Å². The fourth-order valence-electron chi connectivity index (χ4n) is 2.26. The molecule has 0 aliphatic rings. The van der Waals surface area contributed by atoms with Gasteiger partial charge in [-0.25, -0.2) is 13.8 Å². The van der Waals surface area contributed by atoms with E-state index in [1.807, 2.05) is 0 Å². The Balaban J connectivity index is 1.69. The first-order valence-corrected chi connectivity index (χ1v) is 9.50. The van der Waals surface area contributed by atoms with Gasteiger partial charge in [0, 0.05) is 21.8 Å². The number of nitrogens with one attached hydrogen (secondary N) is 1. The lowest BCUT2D eigenvalue weighted by Gasteiger charge is -2.05. The average molecular weight is 431 g/mol. The van der Waals surface area contributed by atoms with Gasteiger partial charge in [0.05, 0.1) is 12.0 Å². The van der Waals surface area contributed by atoms with Crippen LogP contribution in [0.5, 0.6) is 5.75 Å². The molecule has 0 unspecified atom stereocenters. The largest absolute Gasteiger partial charge is 0.435 e. The molecule has 148 valence electrons. The number of alkyl halides is 4. The van der Waals surface area contributed by atoms with Crippen LogP contribution in [0.2, 0.25) is 0 Å². The second-order valence-electron chi connectivity index (χ2n) is 5.82. The predicted molar refractivity (Wildman–Crippen MR) is 98.6 cm³/mol. The Hall–Kier alpha value is -2.53. The van der Waals surface area contributed by atoms with Crippen LogP contribution in [0.3, 0.4) is 0 Å². The Labute approximate surface area is 165 Å². The Morgan fingerprint density at radius 3 is 2.82 bits per heavy atom. The average Bonchev–Trinajstić information content (AvgIpc) is 3.22. The first kappa shape index (κ1) is 20.2. The van der Waals surface area contributed by atoms with Crippen molar-refractivity contribution in [2.75, 3.05) is 5.32 Å². The summed E-state index contributed by atoms with van der Waals surface area (Å²) in [5.74, 6) is -3.45. The Morgan fingerprint density at radius 1 is 1.32 bits per heavy atom. The number of rotatable bonds is 7. The zero-order chi connectivity index (χ0) is 20.3. The summed E-state index contributed by atoms with van der Waals surface area (Å²) < 4.78 is 58.8. The highest BCUT2D eigenvalue weighted by Gasteiger charge is 2.24. The third kappa shape index (κ3) is 5.49. The lowest BCUT2D eigenvalue weighted by atomic mass is 10.1. The number of hydrogen-bond donors (Lipinski definition) is 1. The summed E-state index contributed by atoms with van der Waals surface area (Å²) in [5.41, 5.74) is 0.934. The van der Waals surface area contributed by atoms with E-state index >= 15 is 0 Å². The van der Waals surface area contributed by atoms with Gasteiger partial charge in [-0.05, 0) is 30.7 Å². The highest BCUT2D eigenvalue weighted by Crippen LogP contribution is 2.30. The summed E-state index contributed by atoms with van der Waals surface area (Å²) in [5, 5.41) is 4.22. The van der Waals surface area contributed by atoms with Crippen LogP contribution in [-0.2, 0) is 6.42 Å². The van der Waals surface area contributed by atoms with Crippen LogP contribution in [0.4, 0.5) is 22.7 Å². The maximum absolute atomic E-state index is 13.0. The number of nitrogens with zero attached hydrogens (tertiary/aromatic N) is 2. The molecule has 0 saturated heterocycles. The second kappa shape index (κ2) is 8.23. The van der Waals surface area contributed by atoms with Crippen molar-refractivity contribution in [3.05, 3.63) is 47.1 Å². The topological polar surface area (TPSA) is 64.1 Å². The molecule has 3 rings (SSSR count). The van der Waals surface area contributed by atoms with Crippen LogP contribution < -0.4 is 10.1 Å². The van der Waals surface area contributed by atoms with Gasteiger partial charge in [0.25, 0.3) is 11.8 Å². The van der Waals surface area contributed by atoms with Crippen molar-refractivity contribution < 1.29 is 27.1 Å². The number of aromatic nitrogens is 2. The van der Waals surface area contributed by atoms with Gasteiger partial charge in [-0.2, -0.15) is 13.2 Å². The standard InChI is InChI=1S/C17H13F4N3O2S2/c1-17(20,21)7-13-22-16(28-24-13)23-14(25)10-6-12(27-8-10)9-3-2-4-11(5-9)26-15(18)19/h2-6,8,15H,7H2,1H3,(H,22,23,24,25). The van der Waals surface area contributed by atoms with Gasteiger partial charge < -0.3 is 4.74 Å². The molecule has 2 aromatic heterocycles. The van der Waals surface area contributed by atoms with Crippen molar-refractivity contribution in [3.63, 3.8) is 0 Å². The molecule has 0 aliphatic heterocycles. The molecule has 28 heavy (non-hydrogen) atoms. The van der Waals surface area contributed by atoms with Crippen molar-refractivity contribution in [1.82, 2.24) is 9.36 Å². The summed E-state index contributed by atoms with van der Waals surface area (Å²) in [7, 11) is 0. The fraction of sp³-hybridized carbons (Fsp3) is 0.235. The molecule has 0 radical (unpaired) electrons. The summed E-state index contributed by atoms with van der Waals surface area (Å²) in [6.07, 6.45) is -0.612. The lowest BCUT2D eigenvalue weighted by molar-refractivity contribution is -0.0498. The zero-order valence-electron chi connectivity index (χ0n) is 14.3. The van der Waals surface area contributed by atoms with Crippen LogP contribution in [-0.4, -0.2) is 27.8 Å². The number of thiophene rings is 1. The van der Waals surface area contributed by atoms with Crippen LogP contribution in [0.15, 0.2) is 35.7 Å². The first-order valence-electron chi connectivity index (χ1n) is 7.85. The quantitative estimate of drug-likeness (QED) is 0.515. The Kier molecular flexibility index (Phi) is 5.94. The van der Waals surface area contributed by atoms with Crippen LogP contribution >= 0.6 is 22.9 Å². The minimum atomic E-state index is -2.94. The first-order chi connectivity index (χ1) is 13.2. The maximum atomic E-state index is 13.0. The molecule has 11 heteroatoms. The normalized spacial score (nSPS) is 11.6. The van der Waals surface area contributed by atoms with E-state index in [0.717, 1.165) is 18.5 Å². The molecule has 0 aliphatic carbocycles. The molecule has 1 N–H and O–H groups in total. The van der Waals surface area contributed by atoms with E-state index in [0.29, 0.717) is 16.0 Å². The number of carbonyl (C=O) groups is 1. The fourth-order valence-corrected chi connectivity index (χ4v) is 3.72. The molecule has 1 amide bonds. The smallest absolute Gasteiger partial charge is 0.387 e. The van der Waals surface area contributed by atoms with Gasteiger partial charge in [0.1, 0.15) is 5.75 Å². The van der Waals surface area contributed by atoms with E-state index in [1.54, 1.807) is 23.6 Å². The third-order valence-electron chi connectivity index (χ3n) is 3.36. The predicted octanol–water partition coefficient (Wildman–Crippen LogP) is 5.32. The second-order valence-corrected chi connectivity index (χ2v) is 7.49. The number of halogens is 4. The van der Waals surface area contributed by atoms with Gasteiger partial charge in [-0.15, -0.1) is 11.3 Å². The van der Waals surface area contributed by atoms with E-state index < -0.39 is 24.9 Å². The van der Waals surface area contributed by atoms with Crippen LogP contribution in [0, 0.1) is 0 Å². The number of anilines is 1. The van der Waals surface area contributed by atoms with Crippen molar-refractivity contribution in [1.29, 1.82) is 0 Å². The number of hydrogen-bond acceptors (Lipinski definition) is 6. The molecular formula is C17H13F4N3O2S2. The van der Waals surface area contributed by atoms with Gasteiger partial charge in [0.15, 0.2) is 5.82 Å². The number of carbonyl (C=O) groups excluding carboxylic acids is 1. The Morgan fingerprint density at radius 2 is 2.11 bits per heavy atom. The Bertz CT molecular complexity index is 969. The summed E-state index contributed by atoms with van der Waals surface area (Å²) >= 11 is 2.06. The number of benzene rings is 1. The van der Waals surface area contributed by atoms with Gasteiger partial charge in [0.2, 0.25) is 5.13 Å². The van der Waals surface area contributed by atoms with E-state index in [9.17, 15) is 22.4 Å². The van der Waals surface area contributed by atoms with E-state index in [2.05, 4.69) is 19.4 Å². The highest BCUT2D eigenvalue weighted by molar-refractivity contribution is 7.14. The summed E-state index contributed by atoms with van der Waals surface area (Å²) in [4.78, 5) is 16.9. The molecule has 3 aromatic rings. The third-order valence-corrected chi connectivity index (χ3v) is 5.01. The molecule has 0 fully saturated rings. The van der Waals surface area contributed by atoms with Crippen LogP contribution in [0.1, 0.15) is 23.1 Å². The minimum Gasteiger partial charge on any atom is -0.435 e. The van der Waals surface area contributed by atoms with Gasteiger partial charge >= 0.3 is 6.61 Å². The zero-order valence-corrected chi connectivity index (χ0v) is 15.9. The minimum absolute atomic E-state index is 0.0148. The monoisotopic (exact) mass is 431 g/mol. The molecule has 0 bridgehead atoms. The molecule has 0 spiro atoms. The molecule has 0 atom stereocenters. The number of amides is 1. The molecule has 0 saturated carbocycles. The van der Waals surface area contributed by atoms with Gasteiger partial charge in [-0.3, -0.25) is 10.1 Å². The van der Waals surface area contributed by atoms with Crippen molar-refractivity contribution >= 4 is 33.9 Å². The number of ether oxygens (including phenoxy) is 1. The lowest BCUT2D eigenvalue weighted by Crippen LogP contribution is -2.15. The SMILES string of the molecule is CC(F)(F)Cc1nsc(NC(=O)c2csc(-c3cccc(OC(F)F)c3)c2)n1. The van der Waals surface area contributed by atoms with Crippen molar-refractivity contribution in [3.8, 4) is 16.2 Å². The molecule has 1 aromatic carbocycles. The maximum Gasteiger partial charge on any atom is 0.387 e. The van der Waals surface area contributed by atoms with Gasteiger partial charge in [-0.1, -0.05) is 12.1 Å². The molecule has 2 heterocycles. The summed E-state index contributed by atoms with van der Waals surface area (Å²) in [6, 6.07) is 7.71. The highest BCUT2D eigenvalue weighted by atomic mass is 32.1. The van der Waals surface area contributed by atoms with Crippen LogP contribution in [0.25, 0.3) is 10.4 Å². The summed E-state index contributed by atoms with van der Waals surface area (Å²) in [6.45, 7) is -2.16. The van der Waals surface area contributed by atoms with E-state index in [4.69, 9.17) is 0 Å².